The van der Waals surface area contributed by atoms with Crippen molar-refractivity contribution in [2.24, 2.45) is 0 Å². The van der Waals surface area contributed by atoms with Crippen molar-refractivity contribution in [3.05, 3.63) is 54.1 Å². The highest BCUT2D eigenvalue weighted by atomic mass is 19.4. The standard InChI is InChI=1S/C23H24F3N7O2/c1-14(15-2-6-28-7-3-15)30-21(34)32-8-4-22(13-32)5-9-33-19(22)11-17(31-33)16-10-18(20(27)29-12-16)35-23(24,25)26/h2-3,6-7,10-12,14H,4-5,8-9,13H2,1H3,(H2,27,29)(H,30,34)/t14-,22?/m0/s1. The summed E-state index contributed by atoms with van der Waals surface area (Å²) in [6.45, 7) is 3.72. The number of carbonyl (C=O) groups is 1. The summed E-state index contributed by atoms with van der Waals surface area (Å²) in [5, 5.41) is 7.62. The van der Waals surface area contributed by atoms with Crippen LogP contribution in [0, 0.1) is 0 Å². The lowest BCUT2D eigenvalue weighted by Gasteiger charge is -2.25. The van der Waals surface area contributed by atoms with Gasteiger partial charge >= 0.3 is 12.4 Å². The highest BCUT2D eigenvalue weighted by Crippen LogP contribution is 2.44. The Bertz CT molecular complexity index is 1250. The second-order valence-corrected chi connectivity index (χ2v) is 8.95. The molecule has 0 radical (unpaired) electrons. The smallest absolute Gasteiger partial charge is 0.402 e. The largest absolute Gasteiger partial charge is 0.573 e. The maximum Gasteiger partial charge on any atom is 0.573 e. The molecule has 0 aliphatic carbocycles. The summed E-state index contributed by atoms with van der Waals surface area (Å²) in [4.78, 5) is 22.6. The summed E-state index contributed by atoms with van der Waals surface area (Å²) >= 11 is 0. The third-order valence-electron chi connectivity index (χ3n) is 6.72. The fourth-order valence-electron chi connectivity index (χ4n) is 4.88. The molecule has 5 heterocycles. The Labute approximate surface area is 199 Å². The van der Waals surface area contributed by atoms with Gasteiger partial charge in [0.05, 0.1) is 11.7 Å². The van der Waals surface area contributed by atoms with Gasteiger partial charge in [-0.15, -0.1) is 13.2 Å². The predicted octanol–water partition coefficient (Wildman–Crippen LogP) is 3.64. The molecule has 3 aromatic rings. The molecular formula is C23H24F3N7O2. The lowest BCUT2D eigenvalue weighted by atomic mass is 9.82. The summed E-state index contributed by atoms with van der Waals surface area (Å²) < 4.78 is 43.9. The summed E-state index contributed by atoms with van der Waals surface area (Å²) in [6.07, 6.45) is 1.48. The van der Waals surface area contributed by atoms with Crippen LogP contribution in [0.1, 0.15) is 37.1 Å². The first-order valence-electron chi connectivity index (χ1n) is 11.2. The van der Waals surface area contributed by atoms with E-state index in [0.29, 0.717) is 30.9 Å². The lowest BCUT2D eigenvalue weighted by molar-refractivity contribution is -0.274. The first-order chi connectivity index (χ1) is 16.6. The molecule has 9 nitrogen and oxygen atoms in total. The number of hydrogen-bond donors (Lipinski definition) is 2. The molecule has 5 rings (SSSR count). The molecule has 12 heteroatoms. The average Bonchev–Trinajstić information content (AvgIpc) is 3.52. The fraction of sp³-hybridized carbons (Fsp3) is 0.391. The van der Waals surface area contributed by atoms with Crippen molar-refractivity contribution in [3.8, 4) is 17.0 Å². The number of nitrogen functional groups attached to an aromatic ring is 1. The van der Waals surface area contributed by atoms with Crippen molar-refractivity contribution in [1.29, 1.82) is 0 Å². The monoisotopic (exact) mass is 487 g/mol. The van der Waals surface area contributed by atoms with Gasteiger partial charge in [-0.3, -0.25) is 9.67 Å². The number of anilines is 1. The van der Waals surface area contributed by atoms with E-state index in [-0.39, 0.29) is 23.3 Å². The second-order valence-electron chi connectivity index (χ2n) is 8.95. The number of aromatic nitrogens is 4. The van der Waals surface area contributed by atoms with E-state index in [4.69, 9.17) is 5.73 Å². The molecule has 3 N–H and O–H groups in total. The quantitative estimate of drug-likeness (QED) is 0.581. The number of urea groups is 1. The number of likely N-dealkylation sites (tertiary alicyclic amines) is 1. The molecule has 184 valence electrons. The number of nitrogens with two attached hydrogens (primary N) is 1. The number of pyridine rings is 2. The predicted molar refractivity (Wildman–Crippen MR) is 120 cm³/mol. The number of ether oxygens (including phenoxy) is 1. The number of carbonyl (C=O) groups excluding carboxylic acids is 1. The van der Waals surface area contributed by atoms with Gasteiger partial charge in [0.15, 0.2) is 11.6 Å². The minimum atomic E-state index is -4.88. The van der Waals surface area contributed by atoms with Crippen LogP contribution in [-0.4, -0.2) is 50.1 Å². The van der Waals surface area contributed by atoms with Crippen LogP contribution in [0.3, 0.4) is 0 Å². The number of amides is 2. The van der Waals surface area contributed by atoms with E-state index in [2.05, 4.69) is 25.1 Å². The zero-order valence-corrected chi connectivity index (χ0v) is 18.9. The van der Waals surface area contributed by atoms with Crippen LogP contribution in [-0.2, 0) is 12.0 Å². The first-order valence-corrected chi connectivity index (χ1v) is 11.2. The SMILES string of the molecule is C[C@H](NC(=O)N1CCC2(CCn3nc(-c4cnc(N)c(OC(F)(F)F)c4)cc32)C1)c1ccncc1. The van der Waals surface area contributed by atoms with Crippen molar-refractivity contribution in [3.63, 3.8) is 0 Å². The summed E-state index contributed by atoms with van der Waals surface area (Å²) in [7, 11) is 0. The number of fused-ring (bicyclic) bond motifs is 2. The minimum Gasteiger partial charge on any atom is -0.402 e. The number of aryl methyl sites for hydroxylation is 1. The van der Waals surface area contributed by atoms with Gasteiger partial charge < -0.3 is 20.7 Å². The Kier molecular flexibility index (Phi) is 5.53. The van der Waals surface area contributed by atoms with Crippen LogP contribution in [0.15, 0.2) is 42.9 Å². The van der Waals surface area contributed by atoms with Crippen LogP contribution in [0.2, 0.25) is 0 Å². The number of rotatable bonds is 4. The van der Waals surface area contributed by atoms with E-state index < -0.39 is 12.1 Å². The third kappa shape index (κ3) is 4.47. The van der Waals surface area contributed by atoms with E-state index in [9.17, 15) is 18.0 Å². The second kappa shape index (κ2) is 8.43. The van der Waals surface area contributed by atoms with Crippen LogP contribution in [0.25, 0.3) is 11.3 Å². The number of alkyl halides is 3. The van der Waals surface area contributed by atoms with Crippen LogP contribution in [0.4, 0.5) is 23.8 Å². The number of halogens is 3. The van der Waals surface area contributed by atoms with Gasteiger partial charge in [0.25, 0.3) is 0 Å². The molecule has 1 fully saturated rings. The van der Waals surface area contributed by atoms with Crippen LogP contribution >= 0.6 is 0 Å². The Morgan fingerprint density at radius 2 is 1.97 bits per heavy atom. The highest BCUT2D eigenvalue weighted by Gasteiger charge is 2.47. The normalized spacial score (nSPS) is 20.2. The van der Waals surface area contributed by atoms with Gasteiger partial charge in [-0.2, -0.15) is 5.10 Å². The Morgan fingerprint density at radius 3 is 2.71 bits per heavy atom. The molecule has 35 heavy (non-hydrogen) atoms. The van der Waals surface area contributed by atoms with Crippen molar-refractivity contribution < 1.29 is 22.7 Å². The number of nitrogens with one attached hydrogen (secondary N) is 1. The molecule has 1 unspecified atom stereocenters. The summed E-state index contributed by atoms with van der Waals surface area (Å²) in [5.41, 5.74) is 8.07. The highest BCUT2D eigenvalue weighted by molar-refractivity contribution is 5.75. The van der Waals surface area contributed by atoms with Crippen LogP contribution in [0.5, 0.6) is 5.75 Å². The molecule has 1 saturated heterocycles. The molecule has 2 atom stereocenters. The molecule has 2 amide bonds. The Morgan fingerprint density at radius 1 is 1.23 bits per heavy atom. The first kappa shape index (κ1) is 22.9. The van der Waals surface area contributed by atoms with Crippen molar-refractivity contribution >= 4 is 11.8 Å². The Balaban J connectivity index is 1.32. The number of hydrogen-bond acceptors (Lipinski definition) is 6. The van der Waals surface area contributed by atoms with Crippen molar-refractivity contribution in [2.45, 2.75) is 44.1 Å². The zero-order valence-electron chi connectivity index (χ0n) is 18.9. The molecule has 0 bridgehead atoms. The summed E-state index contributed by atoms with van der Waals surface area (Å²) in [6, 6.07) is 6.48. The average molecular weight is 487 g/mol. The van der Waals surface area contributed by atoms with Gasteiger partial charge in [0, 0.05) is 54.9 Å². The van der Waals surface area contributed by atoms with Crippen molar-refractivity contribution in [2.75, 3.05) is 18.8 Å². The fourth-order valence-corrected chi connectivity index (χ4v) is 4.88. The van der Waals surface area contributed by atoms with Gasteiger partial charge in [0.1, 0.15) is 0 Å². The lowest BCUT2D eigenvalue weighted by Crippen LogP contribution is -2.41. The molecule has 0 saturated carbocycles. The molecule has 3 aromatic heterocycles. The molecule has 2 aliphatic heterocycles. The van der Waals surface area contributed by atoms with E-state index >= 15 is 0 Å². The molecule has 1 spiro atoms. The van der Waals surface area contributed by atoms with E-state index in [1.165, 1.54) is 12.3 Å². The van der Waals surface area contributed by atoms with Gasteiger partial charge in [-0.25, -0.2) is 9.78 Å². The van der Waals surface area contributed by atoms with Gasteiger partial charge in [0.2, 0.25) is 0 Å². The van der Waals surface area contributed by atoms with Gasteiger partial charge in [-0.1, -0.05) is 0 Å². The maximum atomic E-state index is 12.9. The topological polar surface area (TPSA) is 111 Å². The maximum absolute atomic E-state index is 12.9. The van der Waals surface area contributed by atoms with Crippen molar-refractivity contribution in [1.82, 2.24) is 30.0 Å². The van der Waals surface area contributed by atoms with Crippen LogP contribution < -0.4 is 15.8 Å². The summed E-state index contributed by atoms with van der Waals surface area (Å²) in [5.74, 6) is -0.919. The van der Waals surface area contributed by atoms with E-state index in [0.717, 1.165) is 24.1 Å². The minimum absolute atomic E-state index is 0.138. The van der Waals surface area contributed by atoms with Gasteiger partial charge in [-0.05, 0) is 49.6 Å². The molecule has 2 aliphatic rings. The number of nitrogens with zero attached hydrogens (tertiary/aromatic N) is 5. The third-order valence-corrected chi connectivity index (χ3v) is 6.72. The molecular weight excluding hydrogens is 463 g/mol. The van der Waals surface area contributed by atoms with E-state index in [1.807, 2.05) is 29.8 Å². The van der Waals surface area contributed by atoms with E-state index in [1.54, 1.807) is 17.3 Å². The zero-order chi connectivity index (χ0) is 24.8. The molecule has 0 aromatic carbocycles. The Hall–Kier alpha value is -3.83.